The van der Waals surface area contributed by atoms with Gasteiger partial charge in [-0.05, 0) is 38.0 Å². The Hall–Kier alpha value is -1.00. The molecule has 2 nitrogen and oxygen atoms in total. The summed E-state index contributed by atoms with van der Waals surface area (Å²) in [5.74, 6) is -0.652. The molecule has 1 saturated heterocycles. The second-order valence-electron chi connectivity index (χ2n) is 6.68. The fraction of sp³-hybridized carbons (Fsp3) is 0.647. The number of nitrogens with zero attached hydrogens (tertiary/aromatic N) is 1. The fourth-order valence-electron chi connectivity index (χ4n) is 3.87. The Labute approximate surface area is 125 Å². The largest absolute Gasteiger partial charge is 0.311 e. The second-order valence-corrected chi connectivity index (χ2v) is 6.68. The van der Waals surface area contributed by atoms with Gasteiger partial charge in [0.15, 0.2) is 0 Å². The molecule has 1 heterocycles. The molecule has 3 rings (SSSR count). The van der Waals surface area contributed by atoms with Crippen molar-refractivity contribution in [1.82, 2.24) is 10.2 Å². The van der Waals surface area contributed by atoms with E-state index in [4.69, 9.17) is 0 Å². The first kappa shape index (κ1) is 14.9. The molecule has 1 aliphatic carbocycles. The molecule has 21 heavy (non-hydrogen) atoms. The van der Waals surface area contributed by atoms with Gasteiger partial charge in [-0.1, -0.05) is 19.3 Å². The van der Waals surface area contributed by atoms with E-state index in [9.17, 15) is 8.78 Å². The molecule has 1 spiro atoms. The van der Waals surface area contributed by atoms with E-state index in [2.05, 4.69) is 17.1 Å². The summed E-state index contributed by atoms with van der Waals surface area (Å²) in [6.07, 6.45) is 6.07. The Morgan fingerprint density at radius 3 is 2.76 bits per heavy atom. The molecule has 1 atom stereocenters. The number of hydrogen-bond donors (Lipinski definition) is 1. The lowest BCUT2D eigenvalue weighted by Crippen LogP contribution is -2.64. The highest BCUT2D eigenvalue weighted by atomic mass is 19.1. The first-order chi connectivity index (χ1) is 10.1. The van der Waals surface area contributed by atoms with Gasteiger partial charge in [-0.25, -0.2) is 8.78 Å². The van der Waals surface area contributed by atoms with Crippen LogP contribution >= 0.6 is 0 Å². The van der Waals surface area contributed by atoms with Crippen LogP contribution in [0.15, 0.2) is 18.2 Å². The third-order valence-electron chi connectivity index (χ3n) is 5.10. The van der Waals surface area contributed by atoms with Gasteiger partial charge in [-0.3, -0.25) is 4.90 Å². The molecule has 0 amide bonds. The summed E-state index contributed by atoms with van der Waals surface area (Å²) in [5, 5.41) is 3.57. The van der Waals surface area contributed by atoms with E-state index < -0.39 is 0 Å². The molecule has 4 heteroatoms. The highest BCUT2D eigenvalue weighted by molar-refractivity contribution is 5.19. The van der Waals surface area contributed by atoms with Crippen LogP contribution < -0.4 is 5.32 Å². The average molecular weight is 294 g/mol. The molecule has 1 aliphatic heterocycles. The summed E-state index contributed by atoms with van der Waals surface area (Å²) < 4.78 is 27.4. The van der Waals surface area contributed by atoms with Gasteiger partial charge in [0, 0.05) is 36.8 Å². The SMILES string of the molecule is CC1CN(Cc2cc(F)ccc2F)C2(CCCCC2)CN1. The average Bonchev–Trinajstić information content (AvgIpc) is 2.48. The van der Waals surface area contributed by atoms with Gasteiger partial charge in [-0.15, -0.1) is 0 Å². The fourth-order valence-corrected chi connectivity index (χ4v) is 3.87. The third kappa shape index (κ3) is 3.11. The van der Waals surface area contributed by atoms with Crippen LogP contribution in [0.1, 0.15) is 44.6 Å². The Bertz CT molecular complexity index is 498. The smallest absolute Gasteiger partial charge is 0.127 e. The molecular weight excluding hydrogens is 270 g/mol. The summed E-state index contributed by atoms with van der Waals surface area (Å²) in [7, 11) is 0. The summed E-state index contributed by atoms with van der Waals surface area (Å²) in [6, 6.07) is 4.17. The molecule has 1 aromatic carbocycles. The number of hydrogen-bond acceptors (Lipinski definition) is 2. The summed E-state index contributed by atoms with van der Waals surface area (Å²) in [4.78, 5) is 2.39. The lowest BCUT2D eigenvalue weighted by Gasteiger charge is -2.51. The number of benzene rings is 1. The van der Waals surface area contributed by atoms with Crippen molar-refractivity contribution in [2.24, 2.45) is 0 Å². The molecule has 1 unspecified atom stereocenters. The molecule has 1 N–H and O–H groups in total. The van der Waals surface area contributed by atoms with E-state index in [-0.39, 0.29) is 17.2 Å². The van der Waals surface area contributed by atoms with E-state index >= 15 is 0 Å². The molecule has 2 aliphatic rings. The zero-order valence-corrected chi connectivity index (χ0v) is 12.7. The van der Waals surface area contributed by atoms with Gasteiger partial charge in [0.05, 0.1) is 0 Å². The predicted octanol–water partition coefficient (Wildman–Crippen LogP) is 3.46. The Morgan fingerprint density at radius 2 is 2.00 bits per heavy atom. The van der Waals surface area contributed by atoms with Crippen LogP contribution in [0.2, 0.25) is 0 Å². The van der Waals surface area contributed by atoms with Crippen LogP contribution in [0.5, 0.6) is 0 Å². The minimum atomic E-state index is -0.354. The standard InChI is InChI=1S/C17H24F2N2/c1-13-10-21(11-14-9-15(18)5-6-16(14)19)17(12-20-13)7-3-2-4-8-17/h5-6,9,13,20H,2-4,7-8,10-12H2,1H3. The van der Waals surface area contributed by atoms with Crippen LogP contribution in [-0.4, -0.2) is 29.6 Å². The van der Waals surface area contributed by atoms with Gasteiger partial charge in [0.1, 0.15) is 11.6 Å². The van der Waals surface area contributed by atoms with Gasteiger partial charge >= 0.3 is 0 Å². The highest BCUT2D eigenvalue weighted by Gasteiger charge is 2.41. The van der Waals surface area contributed by atoms with Crippen LogP contribution in [-0.2, 0) is 6.54 Å². The zero-order valence-electron chi connectivity index (χ0n) is 12.7. The molecule has 0 aromatic heterocycles. The molecule has 116 valence electrons. The molecule has 2 fully saturated rings. The maximum atomic E-state index is 14.0. The maximum absolute atomic E-state index is 14.0. The molecule has 1 saturated carbocycles. The molecule has 0 bridgehead atoms. The number of rotatable bonds is 2. The van der Waals surface area contributed by atoms with E-state index in [1.165, 1.54) is 37.5 Å². The molecule has 0 radical (unpaired) electrons. The number of halogens is 2. The quantitative estimate of drug-likeness (QED) is 0.898. The Morgan fingerprint density at radius 1 is 1.24 bits per heavy atom. The normalized spacial score (nSPS) is 26.1. The summed E-state index contributed by atoms with van der Waals surface area (Å²) in [5.41, 5.74) is 0.609. The van der Waals surface area contributed by atoms with Crippen LogP contribution in [0, 0.1) is 11.6 Å². The van der Waals surface area contributed by atoms with Crippen molar-refractivity contribution in [2.75, 3.05) is 13.1 Å². The van der Waals surface area contributed by atoms with Crippen molar-refractivity contribution >= 4 is 0 Å². The van der Waals surface area contributed by atoms with Crippen LogP contribution in [0.3, 0.4) is 0 Å². The van der Waals surface area contributed by atoms with Crippen LogP contribution in [0.4, 0.5) is 8.78 Å². The van der Waals surface area contributed by atoms with Gasteiger partial charge in [-0.2, -0.15) is 0 Å². The summed E-state index contributed by atoms with van der Waals surface area (Å²) in [6.45, 7) is 4.53. The molecule has 1 aromatic rings. The van der Waals surface area contributed by atoms with Crippen molar-refractivity contribution in [1.29, 1.82) is 0 Å². The van der Waals surface area contributed by atoms with Gasteiger partial charge in [0.25, 0.3) is 0 Å². The van der Waals surface area contributed by atoms with E-state index in [1.54, 1.807) is 0 Å². The van der Waals surface area contributed by atoms with Crippen molar-refractivity contribution in [3.63, 3.8) is 0 Å². The lowest BCUT2D eigenvalue weighted by atomic mass is 9.78. The Kier molecular flexibility index (Phi) is 4.27. The van der Waals surface area contributed by atoms with E-state index in [1.807, 2.05) is 0 Å². The van der Waals surface area contributed by atoms with E-state index in [0.29, 0.717) is 18.2 Å². The van der Waals surface area contributed by atoms with Gasteiger partial charge < -0.3 is 5.32 Å². The number of piperazine rings is 1. The van der Waals surface area contributed by atoms with E-state index in [0.717, 1.165) is 25.9 Å². The first-order valence-electron chi connectivity index (χ1n) is 8.01. The minimum absolute atomic E-state index is 0.128. The second kappa shape index (κ2) is 6.01. The van der Waals surface area contributed by atoms with Crippen molar-refractivity contribution in [3.8, 4) is 0 Å². The highest BCUT2D eigenvalue weighted by Crippen LogP contribution is 2.36. The monoisotopic (exact) mass is 294 g/mol. The predicted molar refractivity (Wildman–Crippen MR) is 80.0 cm³/mol. The molecular formula is C17H24F2N2. The van der Waals surface area contributed by atoms with Gasteiger partial charge in [0.2, 0.25) is 0 Å². The van der Waals surface area contributed by atoms with Crippen LogP contribution in [0.25, 0.3) is 0 Å². The maximum Gasteiger partial charge on any atom is 0.127 e. The minimum Gasteiger partial charge on any atom is -0.311 e. The van der Waals surface area contributed by atoms with Crippen molar-refractivity contribution < 1.29 is 8.78 Å². The Balaban J connectivity index is 1.84. The lowest BCUT2D eigenvalue weighted by molar-refractivity contribution is 0.00542. The summed E-state index contributed by atoms with van der Waals surface area (Å²) >= 11 is 0. The van der Waals surface area contributed by atoms with Crippen molar-refractivity contribution in [3.05, 3.63) is 35.4 Å². The number of nitrogens with one attached hydrogen (secondary N) is 1. The topological polar surface area (TPSA) is 15.3 Å². The zero-order chi connectivity index (χ0) is 14.9. The first-order valence-corrected chi connectivity index (χ1v) is 8.01. The third-order valence-corrected chi connectivity index (χ3v) is 5.10. The van der Waals surface area contributed by atoms with Crippen molar-refractivity contribution in [2.45, 2.75) is 57.2 Å².